The Labute approximate surface area is 154 Å². The van der Waals surface area contributed by atoms with E-state index in [1.165, 1.54) is 7.11 Å². The molecule has 7 nitrogen and oxygen atoms in total. The van der Waals surface area contributed by atoms with Crippen molar-refractivity contribution in [2.75, 3.05) is 13.7 Å². The molecule has 1 aromatic heterocycles. The van der Waals surface area contributed by atoms with Gasteiger partial charge in [0.1, 0.15) is 0 Å². The summed E-state index contributed by atoms with van der Waals surface area (Å²) in [7, 11) is 1.54. The zero-order chi connectivity index (χ0) is 18.4. The summed E-state index contributed by atoms with van der Waals surface area (Å²) in [5.74, 6) is 1.29. The fraction of sp³-hybridized carbons (Fsp3) is 0.167. The molecule has 1 heterocycles. The highest BCUT2D eigenvalue weighted by Crippen LogP contribution is 2.26. The second-order valence-corrected chi connectivity index (χ2v) is 5.60. The van der Waals surface area contributed by atoms with E-state index < -0.39 is 0 Å². The third-order valence-electron chi connectivity index (χ3n) is 3.44. The predicted molar refractivity (Wildman–Crippen MR) is 95.1 cm³/mol. The van der Waals surface area contributed by atoms with Crippen LogP contribution >= 0.6 is 11.6 Å². The fourth-order valence-corrected chi connectivity index (χ4v) is 2.39. The number of halogens is 1. The van der Waals surface area contributed by atoms with Crippen molar-refractivity contribution in [2.45, 2.75) is 6.54 Å². The van der Waals surface area contributed by atoms with Crippen molar-refractivity contribution >= 4 is 17.5 Å². The minimum atomic E-state index is -0.326. The number of hydrogen-bond donors (Lipinski definition) is 1. The summed E-state index contributed by atoms with van der Waals surface area (Å²) in [5.41, 5.74) is 0.638. The Hall–Kier alpha value is -3.06. The number of methoxy groups -OCH3 is 1. The first-order chi connectivity index (χ1) is 12.7. The van der Waals surface area contributed by atoms with E-state index >= 15 is 0 Å². The van der Waals surface area contributed by atoms with E-state index in [2.05, 4.69) is 15.5 Å². The Bertz CT molecular complexity index is 897. The van der Waals surface area contributed by atoms with E-state index in [1.54, 1.807) is 30.3 Å². The number of carbonyl (C=O) groups is 1. The van der Waals surface area contributed by atoms with Crippen LogP contribution in [0.2, 0.25) is 5.02 Å². The van der Waals surface area contributed by atoms with Crippen LogP contribution in [0.15, 0.2) is 52.9 Å². The fourth-order valence-electron chi connectivity index (χ4n) is 2.18. The molecule has 0 fully saturated rings. The minimum absolute atomic E-state index is 0.0889. The molecule has 0 saturated heterocycles. The van der Waals surface area contributed by atoms with Gasteiger partial charge in [0.05, 0.1) is 24.2 Å². The van der Waals surface area contributed by atoms with Crippen LogP contribution in [0.1, 0.15) is 5.89 Å². The molecule has 0 unspecified atom stereocenters. The second-order valence-electron chi connectivity index (χ2n) is 5.20. The Morgan fingerprint density at radius 3 is 2.62 bits per heavy atom. The number of para-hydroxylation sites is 2. The van der Waals surface area contributed by atoms with E-state index in [0.29, 0.717) is 28.0 Å². The van der Waals surface area contributed by atoms with Gasteiger partial charge in [0, 0.05) is 0 Å². The normalized spacial score (nSPS) is 10.4. The summed E-state index contributed by atoms with van der Waals surface area (Å²) < 4.78 is 16.1. The number of rotatable bonds is 7. The largest absolute Gasteiger partial charge is 0.493 e. The van der Waals surface area contributed by atoms with Crippen molar-refractivity contribution in [3.63, 3.8) is 0 Å². The van der Waals surface area contributed by atoms with Gasteiger partial charge in [-0.05, 0) is 24.3 Å². The zero-order valence-corrected chi connectivity index (χ0v) is 14.7. The van der Waals surface area contributed by atoms with Crippen LogP contribution < -0.4 is 14.8 Å². The average Bonchev–Trinajstić information content (AvgIpc) is 3.14. The molecule has 134 valence electrons. The molecule has 1 N–H and O–H groups in total. The van der Waals surface area contributed by atoms with Gasteiger partial charge in [0.15, 0.2) is 18.1 Å². The number of carbonyl (C=O) groups excluding carboxylic acids is 1. The third-order valence-corrected chi connectivity index (χ3v) is 3.77. The van der Waals surface area contributed by atoms with Crippen molar-refractivity contribution in [3.8, 4) is 23.0 Å². The molecular formula is C18H16ClN3O4. The van der Waals surface area contributed by atoms with Gasteiger partial charge in [-0.1, -0.05) is 35.9 Å². The summed E-state index contributed by atoms with van der Waals surface area (Å²) >= 11 is 6.10. The molecule has 2 aromatic carbocycles. The van der Waals surface area contributed by atoms with Crippen molar-refractivity contribution in [3.05, 3.63) is 59.4 Å². The van der Waals surface area contributed by atoms with Crippen LogP contribution in [0.25, 0.3) is 11.5 Å². The Balaban J connectivity index is 1.53. The molecular weight excluding hydrogens is 358 g/mol. The van der Waals surface area contributed by atoms with Crippen molar-refractivity contribution in [1.29, 1.82) is 0 Å². The molecule has 0 atom stereocenters. The van der Waals surface area contributed by atoms with Crippen LogP contribution in [0.4, 0.5) is 0 Å². The zero-order valence-electron chi connectivity index (χ0n) is 13.9. The molecule has 8 heteroatoms. The number of nitrogens with zero attached hydrogens (tertiary/aromatic N) is 2. The first-order valence-corrected chi connectivity index (χ1v) is 8.15. The number of hydrogen-bond acceptors (Lipinski definition) is 6. The van der Waals surface area contributed by atoms with E-state index in [-0.39, 0.29) is 24.9 Å². The van der Waals surface area contributed by atoms with Crippen molar-refractivity contribution < 1.29 is 18.7 Å². The van der Waals surface area contributed by atoms with Crippen LogP contribution in [-0.2, 0) is 11.3 Å². The molecule has 0 bridgehead atoms. The maximum Gasteiger partial charge on any atom is 0.258 e. The molecule has 0 aliphatic heterocycles. The first-order valence-electron chi connectivity index (χ1n) is 7.77. The van der Waals surface area contributed by atoms with Crippen LogP contribution in [0.3, 0.4) is 0 Å². The van der Waals surface area contributed by atoms with Crippen LogP contribution in [0.5, 0.6) is 11.5 Å². The maximum absolute atomic E-state index is 11.9. The summed E-state index contributed by atoms with van der Waals surface area (Å²) in [6.45, 7) is -0.0720. The smallest absolute Gasteiger partial charge is 0.258 e. The van der Waals surface area contributed by atoms with Crippen LogP contribution in [0, 0.1) is 0 Å². The second kappa shape index (κ2) is 8.35. The molecule has 0 aliphatic carbocycles. The number of ether oxygens (including phenoxy) is 2. The van der Waals surface area contributed by atoms with Gasteiger partial charge in [0.25, 0.3) is 5.91 Å². The lowest BCUT2D eigenvalue weighted by Gasteiger charge is -2.09. The standard InChI is InChI=1S/C18H16ClN3O4/c1-24-14-8-4-5-9-15(14)25-11-16(23)20-10-17-21-22-18(26-17)12-6-2-3-7-13(12)19/h2-9H,10-11H2,1H3,(H,20,23). The molecule has 0 radical (unpaired) electrons. The lowest BCUT2D eigenvalue weighted by Crippen LogP contribution is -2.28. The van der Waals surface area contributed by atoms with E-state index in [9.17, 15) is 4.79 Å². The van der Waals surface area contributed by atoms with Gasteiger partial charge in [-0.15, -0.1) is 10.2 Å². The summed E-state index contributed by atoms with van der Waals surface area (Å²) in [6, 6.07) is 14.2. The topological polar surface area (TPSA) is 86.5 Å². The maximum atomic E-state index is 11.9. The SMILES string of the molecule is COc1ccccc1OCC(=O)NCc1nnc(-c2ccccc2Cl)o1. The number of nitrogens with one attached hydrogen (secondary N) is 1. The number of amides is 1. The average molecular weight is 374 g/mol. The van der Waals surface area contributed by atoms with E-state index in [4.69, 9.17) is 25.5 Å². The lowest BCUT2D eigenvalue weighted by molar-refractivity contribution is -0.123. The highest BCUT2D eigenvalue weighted by atomic mass is 35.5. The number of benzene rings is 2. The highest BCUT2D eigenvalue weighted by Gasteiger charge is 2.13. The number of aromatic nitrogens is 2. The van der Waals surface area contributed by atoms with Gasteiger partial charge in [0.2, 0.25) is 11.8 Å². The highest BCUT2D eigenvalue weighted by molar-refractivity contribution is 6.33. The van der Waals surface area contributed by atoms with Gasteiger partial charge in [-0.2, -0.15) is 0 Å². The Morgan fingerprint density at radius 2 is 1.85 bits per heavy atom. The molecule has 1 amide bonds. The predicted octanol–water partition coefficient (Wildman–Crippen LogP) is 3.09. The van der Waals surface area contributed by atoms with Crippen LogP contribution in [-0.4, -0.2) is 29.8 Å². The van der Waals surface area contributed by atoms with Gasteiger partial charge < -0.3 is 19.2 Å². The van der Waals surface area contributed by atoms with Gasteiger partial charge in [-0.3, -0.25) is 4.79 Å². The van der Waals surface area contributed by atoms with Crippen molar-refractivity contribution in [1.82, 2.24) is 15.5 Å². The molecule has 3 rings (SSSR count). The molecule has 3 aromatic rings. The molecule has 0 saturated carbocycles. The van der Waals surface area contributed by atoms with Gasteiger partial charge >= 0.3 is 0 Å². The first kappa shape index (κ1) is 17.8. The minimum Gasteiger partial charge on any atom is -0.493 e. The third kappa shape index (κ3) is 4.31. The summed E-state index contributed by atoms with van der Waals surface area (Å²) in [4.78, 5) is 11.9. The Morgan fingerprint density at radius 1 is 1.12 bits per heavy atom. The quantitative estimate of drug-likeness (QED) is 0.684. The summed E-state index contributed by atoms with van der Waals surface area (Å²) in [6.07, 6.45) is 0. The van der Waals surface area contributed by atoms with E-state index in [0.717, 1.165) is 0 Å². The molecule has 26 heavy (non-hydrogen) atoms. The lowest BCUT2D eigenvalue weighted by atomic mass is 10.2. The van der Waals surface area contributed by atoms with E-state index in [1.807, 2.05) is 18.2 Å². The van der Waals surface area contributed by atoms with Gasteiger partial charge in [-0.25, -0.2) is 0 Å². The Kier molecular flexibility index (Phi) is 5.70. The summed E-state index contributed by atoms with van der Waals surface area (Å²) in [5, 5.41) is 11.0. The molecule has 0 aliphatic rings. The molecule has 0 spiro atoms. The monoisotopic (exact) mass is 373 g/mol. The van der Waals surface area contributed by atoms with Crippen molar-refractivity contribution in [2.24, 2.45) is 0 Å².